The van der Waals surface area contributed by atoms with Crippen LogP contribution in [0.3, 0.4) is 0 Å². The van der Waals surface area contributed by atoms with E-state index in [4.69, 9.17) is 0 Å². The number of non-ortho nitro benzene ring substituents is 1. The SMILES string of the molecule is O=C(Cc1ccc([N+](=O)[O-])cc1)N/N=C\C12c3ccccc3C(c3ccccc31)[C@H]1C(=O)N(c3ccccc3)C(=O)[C@H]12. The number of carbonyl (C=O) groups excluding carboxylic acids is 3. The fourth-order valence-electron chi connectivity index (χ4n) is 7.05. The Balaban J connectivity index is 1.30. The Kier molecular flexibility index (Phi) is 5.83. The lowest BCUT2D eigenvalue weighted by atomic mass is 9.47. The Morgan fingerprint density at radius 3 is 2.07 bits per heavy atom. The van der Waals surface area contributed by atoms with Gasteiger partial charge in [-0.15, -0.1) is 0 Å². The molecule has 1 saturated heterocycles. The van der Waals surface area contributed by atoms with Crippen molar-refractivity contribution in [1.82, 2.24) is 5.43 Å². The van der Waals surface area contributed by atoms with Crippen molar-refractivity contribution < 1.29 is 19.3 Å². The smallest absolute Gasteiger partial charge is 0.269 e. The summed E-state index contributed by atoms with van der Waals surface area (Å²) in [6.07, 6.45) is 1.58. The number of rotatable bonds is 6. The molecule has 0 radical (unpaired) electrons. The van der Waals surface area contributed by atoms with Crippen LogP contribution in [-0.4, -0.2) is 28.9 Å². The van der Waals surface area contributed by atoms with Gasteiger partial charge in [0.2, 0.25) is 17.7 Å². The van der Waals surface area contributed by atoms with Crippen LogP contribution in [0.1, 0.15) is 33.7 Å². The molecular formula is C33H24N4O5. The van der Waals surface area contributed by atoms with Gasteiger partial charge in [-0.3, -0.25) is 24.5 Å². The number of hydrogen-bond acceptors (Lipinski definition) is 6. The maximum Gasteiger partial charge on any atom is 0.269 e. The summed E-state index contributed by atoms with van der Waals surface area (Å²) in [4.78, 5) is 53.0. The number of hydrogen-bond donors (Lipinski definition) is 1. The summed E-state index contributed by atoms with van der Waals surface area (Å²) in [6, 6.07) is 30.4. The van der Waals surface area contributed by atoms with Crippen molar-refractivity contribution in [3.05, 3.63) is 141 Å². The number of hydrazone groups is 1. The minimum atomic E-state index is -1.09. The van der Waals surface area contributed by atoms with Crippen LogP contribution in [-0.2, 0) is 26.2 Å². The van der Waals surface area contributed by atoms with E-state index in [-0.39, 0.29) is 29.8 Å². The normalized spacial score (nSPS) is 23.4. The number of nitrogens with one attached hydrogen (secondary N) is 1. The van der Waals surface area contributed by atoms with E-state index in [0.717, 1.165) is 22.3 Å². The van der Waals surface area contributed by atoms with Crippen molar-refractivity contribution in [1.29, 1.82) is 0 Å². The average Bonchev–Trinajstić information content (AvgIpc) is 3.28. The molecule has 9 heteroatoms. The van der Waals surface area contributed by atoms with Gasteiger partial charge >= 0.3 is 0 Å². The third-order valence-electron chi connectivity index (χ3n) is 8.67. The highest BCUT2D eigenvalue weighted by Gasteiger charge is 2.68. The maximum absolute atomic E-state index is 14.3. The molecule has 3 amide bonds. The molecule has 42 heavy (non-hydrogen) atoms. The lowest BCUT2D eigenvalue weighted by molar-refractivity contribution is -0.384. The van der Waals surface area contributed by atoms with Crippen LogP contribution in [0.15, 0.2) is 108 Å². The molecule has 1 N–H and O–H groups in total. The minimum absolute atomic E-state index is 0.0389. The molecule has 1 heterocycles. The predicted octanol–water partition coefficient (Wildman–Crippen LogP) is 4.49. The second-order valence-electron chi connectivity index (χ2n) is 10.8. The van der Waals surface area contributed by atoms with Gasteiger partial charge in [0.1, 0.15) is 0 Å². The zero-order valence-electron chi connectivity index (χ0n) is 22.2. The lowest BCUT2D eigenvalue weighted by Crippen LogP contribution is -2.54. The monoisotopic (exact) mass is 556 g/mol. The molecule has 0 saturated carbocycles. The largest absolute Gasteiger partial charge is 0.274 e. The Labute approximate surface area is 240 Å². The van der Waals surface area contributed by atoms with Crippen molar-refractivity contribution in [2.75, 3.05) is 4.90 Å². The maximum atomic E-state index is 14.3. The first kappa shape index (κ1) is 25.5. The molecule has 1 aliphatic heterocycles. The Hall–Kier alpha value is -5.44. The number of imide groups is 1. The van der Waals surface area contributed by atoms with Gasteiger partial charge in [0.05, 0.1) is 34.3 Å². The molecule has 8 rings (SSSR count). The fraction of sp³-hybridized carbons (Fsp3) is 0.152. The van der Waals surface area contributed by atoms with Crippen LogP contribution < -0.4 is 10.3 Å². The van der Waals surface area contributed by atoms with Gasteiger partial charge in [-0.25, -0.2) is 10.3 Å². The van der Waals surface area contributed by atoms with Crippen LogP contribution in [0, 0.1) is 22.0 Å². The van der Waals surface area contributed by atoms with Crippen LogP contribution in [0.4, 0.5) is 11.4 Å². The Morgan fingerprint density at radius 1 is 0.857 bits per heavy atom. The fourth-order valence-corrected chi connectivity index (χ4v) is 7.05. The number of nitrogens with zero attached hydrogens (tertiary/aromatic N) is 3. The van der Waals surface area contributed by atoms with Gasteiger partial charge < -0.3 is 0 Å². The lowest BCUT2D eigenvalue weighted by Gasteiger charge is -2.52. The van der Waals surface area contributed by atoms with Crippen molar-refractivity contribution in [2.45, 2.75) is 17.8 Å². The molecule has 4 aromatic rings. The second kappa shape index (κ2) is 9.59. The highest BCUT2D eigenvalue weighted by Crippen LogP contribution is 2.63. The zero-order valence-corrected chi connectivity index (χ0v) is 22.2. The van der Waals surface area contributed by atoms with Gasteiger partial charge in [-0.1, -0.05) is 78.9 Å². The van der Waals surface area contributed by atoms with Crippen molar-refractivity contribution in [2.24, 2.45) is 16.9 Å². The first-order chi connectivity index (χ1) is 20.4. The van der Waals surface area contributed by atoms with E-state index in [1.807, 2.05) is 54.6 Å². The Morgan fingerprint density at radius 2 is 1.45 bits per heavy atom. The number of nitro groups is 1. The molecule has 4 aliphatic rings. The summed E-state index contributed by atoms with van der Waals surface area (Å²) < 4.78 is 0. The third kappa shape index (κ3) is 3.63. The van der Waals surface area contributed by atoms with Crippen LogP contribution >= 0.6 is 0 Å². The molecule has 206 valence electrons. The number of amides is 3. The van der Waals surface area contributed by atoms with E-state index in [2.05, 4.69) is 10.5 Å². The molecule has 1 fully saturated rings. The molecule has 2 atom stereocenters. The van der Waals surface area contributed by atoms with Crippen LogP contribution in [0.5, 0.6) is 0 Å². The van der Waals surface area contributed by atoms with E-state index in [1.54, 1.807) is 30.5 Å². The molecule has 0 spiro atoms. The molecular weight excluding hydrogens is 532 g/mol. The topological polar surface area (TPSA) is 122 Å². The number of benzene rings is 4. The highest BCUT2D eigenvalue weighted by atomic mass is 16.6. The summed E-state index contributed by atoms with van der Waals surface area (Å²) in [5.41, 5.74) is 6.27. The second-order valence-corrected chi connectivity index (χ2v) is 10.8. The molecule has 0 unspecified atom stereocenters. The van der Waals surface area contributed by atoms with Crippen molar-refractivity contribution in [3.63, 3.8) is 0 Å². The van der Waals surface area contributed by atoms with Gasteiger partial charge in [0.25, 0.3) is 5.69 Å². The zero-order chi connectivity index (χ0) is 29.0. The quantitative estimate of drug-likeness (QED) is 0.162. The first-order valence-corrected chi connectivity index (χ1v) is 13.6. The molecule has 2 bridgehead atoms. The number of carbonyl (C=O) groups is 3. The van der Waals surface area contributed by atoms with Gasteiger partial charge in [0.15, 0.2) is 0 Å². The van der Waals surface area contributed by atoms with E-state index in [9.17, 15) is 24.5 Å². The van der Waals surface area contributed by atoms with E-state index >= 15 is 0 Å². The summed E-state index contributed by atoms with van der Waals surface area (Å²) in [7, 11) is 0. The summed E-state index contributed by atoms with van der Waals surface area (Å²) >= 11 is 0. The highest BCUT2D eigenvalue weighted by molar-refractivity contribution is 6.25. The number of anilines is 1. The van der Waals surface area contributed by atoms with Gasteiger partial charge in [-0.05, 0) is 39.9 Å². The predicted molar refractivity (Wildman–Crippen MR) is 155 cm³/mol. The number of para-hydroxylation sites is 1. The van der Waals surface area contributed by atoms with E-state index in [1.165, 1.54) is 29.2 Å². The van der Waals surface area contributed by atoms with Gasteiger partial charge in [0, 0.05) is 24.3 Å². The van der Waals surface area contributed by atoms with Crippen LogP contribution in [0.25, 0.3) is 0 Å². The molecule has 4 aromatic carbocycles. The summed E-state index contributed by atoms with van der Waals surface area (Å²) in [5.74, 6) is -2.64. The van der Waals surface area contributed by atoms with E-state index in [0.29, 0.717) is 11.3 Å². The number of nitro benzene ring substituents is 1. The summed E-state index contributed by atoms with van der Waals surface area (Å²) in [5, 5.41) is 15.4. The third-order valence-corrected chi connectivity index (χ3v) is 8.67. The van der Waals surface area contributed by atoms with Crippen LogP contribution in [0.2, 0.25) is 0 Å². The molecule has 3 aliphatic carbocycles. The van der Waals surface area contributed by atoms with Gasteiger partial charge in [-0.2, -0.15) is 5.10 Å². The Bertz CT molecular complexity index is 1750. The average molecular weight is 557 g/mol. The molecule has 0 aromatic heterocycles. The summed E-state index contributed by atoms with van der Waals surface area (Å²) in [6.45, 7) is 0. The molecule has 9 nitrogen and oxygen atoms in total. The van der Waals surface area contributed by atoms with Crippen molar-refractivity contribution >= 4 is 35.3 Å². The minimum Gasteiger partial charge on any atom is -0.274 e. The standard InChI is InChI=1S/C33H24N4O5/c38-27(18-20-14-16-22(17-15-20)37(41)42)35-34-19-33-25-12-6-4-10-23(25)28(24-11-5-7-13-26(24)33)29-30(33)32(40)36(31(29)39)21-8-2-1-3-9-21/h1-17,19,28-30H,18H2,(H,35,38)/b34-19-/t28?,29-,30+,33?/m1/s1. The first-order valence-electron chi connectivity index (χ1n) is 13.6. The van der Waals surface area contributed by atoms with E-state index < -0.39 is 28.1 Å². The van der Waals surface area contributed by atoms with Crippen molar-refractivity contribution in [3.8, 4) is 0 Å².